The number of rotatable bonds is 5. The number of halogens is 1. The van der Waals surface area contributed by atoms with Crippen LogP contribution in [0.5, 0.6) is 11.5 Å². The number of nitrogens with two attached hydrogens (primary N) is 1. The lowest BCUT2D eigenvalue weighted by Gasteiger charge is -2.13. The van der Waals surface area contributed by atoms with Gasteiger partial charge in [-0.25, -0.2) is 0 Å². The predicted octanol–water partition coefficient (Wildman–Crippen LogP) is 1.70. The topological polar surface area (TPSA) is 81.9 Å². The number of carbonyl (C=O) groups excluding carboxylic acids is 2. The first-order valence-electron chi connectivity index (χ1n) is 7.14. The Hall–Kier alpha value is -2.21. The molecule has 1 aliphatic rings. The van der Waals surface area contributed by atoms with Crippen molar-refractivity contribution in [1.29, 1.82) is 0 Å². The van der Waals surface area contributed by atoms with Crippen LogP contribution in [0.25, 0.3) is 6.08 Å². The molecule has 7 heteroatoms. The van der Waals surface area contributed by atoms with Crippen molar-refractivity contribution in [2.45, 2.75) is 6.42 Å². The molecule has 2 amide bonds. The number of hydrogen-bond acceptors (Lipinski definition) is 4. The smallest absolute Gasteiger partial charge is 0.246 e. The van der Waals surface area contributed by atoms with E-state index in [4.69, 9.17) is 26.8 Å². The molecular weight excluding hydrogens is 320 g/mol. The molecule has 0 bridgehead atoms. The van der Waals surface area contributed by atoms with Gasteiger partial charge >= 0.3 is 0 Å². The van der Waals surface area contributed by atoms with Crippen LogP contribution in [0.2, 0.25) is 5.02 Å². The highest BCUT2D eigenvalue weighted by Gasteiger charge is 2.28. The standard InChI is InChI=1S/C16H19ClN2O4/c1-22-13-8-10(7-12(17)15(13)23-2)3-4-14(20)19-6-5-11(9-19)16(18)21/h3-4,7-8,11H,5-6,9H2,1-2H3,(H2,18,21)/b4-3+/t11-/m1/s1. The zero-order chi connectivity index (χ0) is 17.0. The Morgan fingerprint density at radius 1 is 1.35 bits per heavy atom. The summed E-state index contributed by atoms with van der Waals surface area (Å²) in [5.74, 6) is 0.141. The summed E-state index contributed by atoms with van der Waals surface area (Å²) in [6, 6.07) is 3.41. The third kappa shape index (κ3) is 3.96. The molecule has 0 aliphatic carbocycles. The normalized spacial score (nSPS) is 17.5. The van der Waals surface area contributed by atoms with Gasteiger partial charge in [-0.05, 0) is 30.2 Å². The number of carbonyl (C=O) groups is 2. The average molecular weight is 339 g/mol. The molecule has 1 aromatic rings. The van der Waals surface area contributed by atoms with Crippen molar-refractivity contribution in [1.82, 2.24) is 4.90 Å². The number of benzene rings is 1. The second kappa shape index (κ2) is 7.37. The lowest BCUT2D eigenvalue weighted by Crippen LogP contribution is -2.30. The van der Waals surface area contributed by atoms with E-state index in [0.717, 1.165) is 0 Å². The highest BCUT2D eigenvalue weighted by molar-refractivity contribution is 6.32. The molecule has 2 rings (SSSR count). The Kier molecular flexibility index (Phi) is 5.50. The van der Waals surface area contributed by atoms with Gasteiger partial charge in [0.05, 0.1) is 25.2 Å². The van der Waals surface area contributed by atoms with Crippen molar-refractivity contribution in [3.8, 4) is 11.5 Å². The fourth-order valence-corrected chi connectivity index (χ4v) is 2.80. The fraction of sp³-hybridized carbons (Fsp3) is 0.375. The van der Waals surface area contributed by atoms with E-state index < -0.39 is 0 Å². The maximum atomic E-state index is 12.1. The largest absolute Gasteiger partial charge is 0.493 e. The highest BCUT2D eigenvalue weighted by Crippen LogP contribution is 2.36. The molecule has 1 fully saturated rings. The molecule has 1 atom stereocenters. The summed E-state index contributed by atoms with van der Waals surface area (Å²) in [6.07, 6.45) is 3.70. The highest BCUT2D eigenvalue weighted by atomic mass is 35.5. The quantitative estimate of drug-likeness (QED) is 0.828. The van der Waals surface area contributed by atoms with E-state index in [-0.39, 0.29) is 17.7 Å². The summed E-state index contributed by atoms with van der Waals surface area (Å²) in [4.78, 5) is 24.9. The van der Waals surface area contributed by atoms with Gasteiger partial charge in [-0.1, -0.05) is 11.6 Å². The van der Waals surface area contributed by atoms with E-state index in [2.05, 4.69) is 0 Å². The van der Waals surface area contributed by atoms with Crippen molar-refractivity contribution in [3.05, 3.63) is 28.8 Å². The van der Waals surface area contributed by atoms with Gasteiger partial charge in [-0.15, -0.1) is 0 Å². The van der Waals surface area contributed by atoms with Crippen molar-refractivity contribution >= 4 is 29.5 Å². The molecule has 124 valence electrons. The van der Waals surface area contributed by atoms with Crippen molar-refractivity contribution in [2.75, 3.05) is 27.3 Å². The Morgan fingerprint density at radius 3 is 2.65 bits per heavy atom. The average Bonchev–Trinajstić information content (AvgIpc) is 3.02. The summed E-state index contributed by atoms with van der Waals surface area (Å²) in [6.45, 7) is 0.897. The number of methoxy groups -OCH3 is 2. The van der Waals surface area contributed by atoms with Crippen LogP contribution < -0.4 is 15.2 Å². The van der Waals surface area contributed by atoms with Crippen LogP contribution in [0.3, 0.4) is 0 Å². The number of likely N-dealkylation sites (tertiary alicyclic amines) is 1. The van der Waals surface area contributed by atoms with Crippen LogP contribution in [-0.2, 0) is 9.59 Å². The molecule has 0 radical (unpaired) electrons. The molecule has 1 aliphatic heterocycles. The van der Waals surface area contributed by atoms with Gasteiger partial charge < -0.3 is 20.1 Å². The molecule has 0 aromatic heterocycles. The fourth-order valence-electron chi connectivity index (χ4n) is 2.50. The number of hydrogen-bond donors (Lipinski definition) is 1. The summed E-state index contributed by atoms with van der Waals surface area (Å²) in [7, 11) is 3.02. The van der Waals surface area contributed by atoms with Crippen molar-refractivity contribution in [2.24, 2.45) is 11.7 Å². The molecular formula is C16H19ClN2O4. The molecule has 1 saturated heterocycles. The number of amides is 2. The summed E-state index contributed by atoms with van der Waals surface area (Å²) < 4.78 is 10.4. The first-order chi connectivity index (χ1) is 11.0. The Balaban J connectivity index is 2.10. The summed E-state index contributed by atoms with van der Waals surface area (Å²) >= 11 is 6.12. The molecule has 0 unspecified atom stereocenters. The Morgan fingerprint density at radius 2 is 2.09 bits per heavy atom. The first kappa shape index (κ1) is 17.1. The van der Waals surface area contributed by atoms with Crippen LogP contribution in [0, 0.1) is 5.92 Å². The number of primary amides is 1. The minimum atomic E-state index is -0.365. The monoisotopic (exact) mass is 338 g/mol. The lowest BCUT2D eigenvalue weighted by atomic mass is 10.1. The second-order valence-corrected chi connectivity index (χ2v) is 5.65. The predicted molar refractivity (Wildman–Crippen MR) is 87.5 cm³/mol. The third-order valence-corrected chi connectivity index (χ3v) is 4.06. The van der Waals surface area contributed by atoms with Gasteiger partial charge in [0.25, 0.3) is 0 Å². The molecule has 1 heterocycles. The van der Waals surface area contributed by atoms with E-state index in [1.165, 1.54) is 20.3 Å². The van der Waals surface area contributed by atoms with Crippen LogP contribution >= 0.6 is 11.6 Å². The van der Waals surface area contributed by atoms with Crippen LogP contribution in [0.15, 0.2) is 18.2 Å². The van der Waals surface area contributed by atoms with Gasteiger partial charge in [0, 0.05) is 19.2 Å². The van der Waals surface area contributed by atoms with Gasteiger partial charge in [0.15, 0.2) is 11.5 Å². The third-order valence-electron chi connectivity index (χ3n) is 3.78. The number of ether oxygens (including phenoxy) is 2. The van der Waals surface area contributed by atoms with E-state index in [1.54, 1.807) is 23.1 Å². The second-order valence-electron chi connectivity index (χ2n) is 5.24. The lowest BCUT2D eigenvalue weighted by molar-refractivity contribution is -0.125. The molecule has 23 heavy (non-hydrogen) atoms. The maximum absolute atomic E-state index is 12.1. The van der Waals surface area contributed by atoms with Gasteiger partial charge in [0.2, 0.25) is 11.8 Å². The van der Waals surface area contributed by atoms with E-state index in [9.17, 15) is 9.59 Å². The van der Waals surface area contributed by atoms with E-state index in [1.807, 2.05) is 0 Å². The van der Waals surface area contributed by atoms with Crippen LogP contribution in [0.1, 0.15) is 12.0 Å². The van der Waals surface area contributed by atoms with Gasteiger partial charge in [-0.2, -0.15) is 0 Å². The number of nitrogens with zero attached hydrogens (tertiary/aromatic N) is 1. The van der Waals surface area contributed by atoms with E-state index in [0.29, 0.717) is 41.6 Å². The summed E-state index contributed by atoms with van der Waals surface area (Å²) in [5.41, 5.74) is 5.98. The molecule has 1 aromatic carbocycles. The van der Waals surface area contributed by atoms with Crippen LogP contribution in [-0.4, -0.2) is 44.0 Å². The zero-order valence-corrected chi connectivity index (χ0v) is 13.8. The Bertz CT molecular complexity index is 645. The van der Waals surface area contributed by atoms with Crippen molar-refractivity contribution < 1.29 is 19.1 Å². The van der Waals surface area contributed by atoms with Gasteiger partial charge in [0.1, 0.15) is 0 Å². The van der Waals surface area contributed by atoms with Crippen molar-refractivity contribution in [3.63, 3.8) is 0 Å². The van der Waals surface area contributed by atoms with Gasteiger partial charge in [-0.3, -0.25) is 9.59 Å². The molecule has 0 spiro atoms. The SMILES string of the molecule is COc1cc(/C=C/C(=O)N2CC[C@@H](C(N)=O)C2)cc(Cl)c1OC. The molecule has 0 saturated carbocycles. The van der Waals surface area contributed by atoms with E-state index >= 15 is 0 Å². The molecule has 6 nitrogen and oxygen atoms in total. The minimum absolute atomic E-state index is 0.167. The van der Waals surface area contributed by atoms with Crippen LogP contribution in [0.4, 0.5) is 0 Å². The first-order valence-corrected chi connectivity index (χ1v) is 7.52. The maximum Gasteiger partial charge on any atom is 0.246 e. The Labute approximate surface area is 139 Å². The zero-order valence-electron chi connectivity index (χ0n) is 13.0. The molecule has 2 N–H and O–H groups in total. The minimum Gasteiger partial charge on any atom is -0.493 e. The summed E-state index contributed by atoms with van der Waals surface area (Å²) in [5, 5.41) is 0.397.